The molecule has 0 aliphatic carbocycles. The lowest BCUT2D eigenvalue weighted by atomic mass is 10.5. The number of nitrogens with zero attached hydrogens (tertiary/aromatic N) is 1. The third-order valence-electron chi connectivity index (χ3n) is 1.54. The number of nitrogens with two attached hydrogens (primary N) is 1. The van der Waals surface area contributed by atoms with Gasteiger partial charge in [-0.3, -0.25) is 0 Å². The topological polar surface area (TPSA) is 70.5 Å². The molecule has 5 nitrogen and oxygen atoms in total. The number of hydrogen-bond acceptors (Lipinski definition) is 5. The summed E-state index contributed by atoms with van der Waals surface area (Å²) in [5, 5.41) is 0. The second kappa shape index (κ2) is 6.39. The van der Waals surface area contributed by atoms with Crippen LogP contribution in [0.2, 0.25) is 0 Å². The molecule has 0 fully saturated rings. The van der Waals surface area contributed by atoms with Gasteiger partial charge in [0.2, 0.25) is 0 Å². The van der Waals surface area contributed by atoms with E-state index in [1.807, 2.05) is 0 Å². The summed E-state index contributed by atoms with van der Waals surface area (Å²) in [4.78, 5) is 3.98. The first-order valence-corrected chi connectivity index (χ1v) is 4.71. The predicted octanol–water partition coefficient (Wildman–Crippen LogP) is 0.939. The Morgan fingerprint density at radius 3 is 2.93 bits per heavy atom. The van der Waals surface area contributed by atoms with Gasteiger partial charge in [-0.25, -0.2) is 0 Å². The molecule has 1 heterocycles. The maximum absolute atomic E-state index is 5.35. The molecule has 5 heteroatoms. The normalized spacial score (nSPS) is 10.4. The minimum absolute atomic E-state index is 0.255. The fraction of sp³-hybridized carbons (Fsp3) is 0.667. The first-order valence-electron chi connectivity index (χ1n) is 4.71. The van der Waals surface area contributed by atoms with E-state index < -0.39 is 0 Å². The van der Waals surface area contributed by atoms with E-state index in [-0.39, 0.29) is 6.08 Å². The van der Waals surface area contributed by atoms with Gasteiger partial charge in [0.1, 0.15) is 12.9 Å². The van der Waals surface area contributed by atoms with Gasteiger partial charge in [0, 0.05) is 13.2 Å². The second-order valence-electron chi connectivity index (χ2n) is 2.77. The Morgan fingerprint density at radius 1 is 1.43 bits per heavy atom. The fourth-order valence-corrected chi connectivity index (χ4v) is 0.883. The van der Waals surface area contributed by atoms with Crippen LogP contribution in [0.4, 0.5) is 0 Å². The van der Waals surface area contributed by atoms with E-state index in [1.54, 1.807) is 0 Å². The van der Waals surface area contributed by atoms with Crippen molar-refractivity contribution in [1.82, 2.24) is 4.98 Å². The summed E-state index contributed by atoms with van der Waals surface area (Å²) < 4.78 is 15.4. The van der Waals surface area contributed by atoms with Crippen molar-refractivity contribution in [3.63, 3.8) is 0 Å². The van der Waals surface area contributed by atoms with Crippen LogP contribution in [-0.4, -0.2) is 24.8 Å². The Morgan fingerprint density at radius 2 is 2.29 bits per heavy atom. The standard InChI is InChI=1S/C9H16N2O3/c1-2-3-12-4-5-13-9-11-8(6-10)7-14-9/h7H,2-6,10H2,1H3. The van der Waals surface area contributed by atoms with Crippen LogP contribution in [0.1, 0.15) is 19.0 Å². The molecule has 0 spiro atoms. The summed E-state index contributed by atoms with van der Waals surface area (Å²) in [5.41, 5.74) is 6.04. The molecule has 0 amide bonds. The SMILES string of the molecule is CCCOCCOc1nc(CN)co1. The minimum Gasteiger partial charge on any atom is -0.448 e. The summed E-state index contributed by atoms with van der Waals surface area (Å²) in [5.74, 6) is 0. The van der Waals surface area contributed by atoms with E-state index in [4.69, 9.17) is 19.6 Å². The molecular weight excluding hydrogens is 184 g/mol. The van der Waals surface area contributed by atoms with Gasteiger partial charge in [-0.15, -0.1) is 0 Å². The molecule has 1 aromatic rings. The summed E-state index contributed by atoms with van der Waals surface area (Å²) in [6.07, 6.45) is 2.75. The van der Waals surface area contributed by atoms with E-state index >= 15 is 0 Å². The highest BCUT2D eigenvalue weighted by atomic mass is 16.6. The van der Waals surface area contributed by atoms with E-state index in [9.17, 15) is 0 Å². The highest BCUT2D eigenvalue weighted by Crippen LogP contribution is 2.08. The molecule has 0 bridgehead atoms. The van der Waals surface area contributed by atoms with Crippen molar-refractivity contribution < 1.29 is 13.9 Å². The molecule has 2 N–H and O–H groups in total. The maximum Gasteiger partial charge on any atom is 0.393 e. The molecule has 0 atom stereocenters. The Balaban J connectivity index is 2.12. The van der Waals surface area contributed by atoms with Gasteiger partial charge in [0.05, 0.1) is 12.3 Å². The number of ether oxygens (including phenoxy) is 2. The van der Waals surface area contributed by atoms with Gasteiger partial charge in [0.15, 0.2) is 0 Å². The first-order chi connectivity index (χ1) is 6.86. The number of aromatic nitrogens is 1. The van der Waals surface area contributed by atoms with E-state index in [2.05, 4.69) is 11.9 Å². The van der Waals surface area contributed by atoms with Gasteiger partial charge in [-0.05, 0) is 6.42 Å². The van der Waals surface area contributed by atoms with Crippen LogP contribution in [0.25, 0.3) is 0 Å². The third-order valence-corrected chi connectivity index (χ3v) is 1.54. The van der Waals surface area contributed by atoms with Crippen LogP contribution in [-0.2, 0) is 11.3 Å². The number of rotatable bonds is 7. The Labute approximate surface area is 83.2 Å². The van der Waals surface area contributed by atoms with E-state index in [0.29, 0.717) is 25.5 Å². The predicted molar refractivity (Wildman–Crippen MR) is 51.0 cm³/mol. The zero-order valence-corrected chi connectivity index (χ0v) is 8.36. The molecule has 14 heavy (non-hydrogen) atoms. The molecular formula is C9H16N2O3. The van der Waals surface area contributed by atoms with Gasteiger partial charge < -0.3 is 19.6 Å². The van der Waals surface area contributed by atoms with Crippen LogP contribution in [0.15, 0.2) is 10.7 Å². The van der Waals surface area contributed by atoms with Crippen molar-refractivity contribution in [2.75, 3.05) is 19.8 Å². The molecule has 0 radical (unpaired) electrons. The summed E-state index contributed by atoms with van der Waals surface area (Å²) >= 11 is 0. The molecule has 80 valence electrons. The third kappa shape index (κ3) is 3.76. The monoisotopic (exact) mass is 200 g/mol. The van der Waals surface area contributed by atoms with Gasteiger partial charge in [0.25, 0.3) is 0 Å². The molecule has 1 rings (SSSR count). The van der Waals surface area contributed by atoms with Gasteiger partial charge >= 0.3 is 6.08 Å². The van der Waals surface area contributed by atoms with Crippen LogP contribution in [0.5, 0.6) is 6.08 Å². The average molecular weight is 200 g/mol. The largest absolute Gasteiger partial charge is 0.448 e. The van der Waals surface area contributed by atoms with E-state index in [1.165, 1.54) is 6.26 Å². The molecule has 0 unspecified atom stereocenters. The van der Waals surface area contributed by atoms with Crippen molar-refractivity contribution in [2.24, 2.45) is 5.73 Å². The number of hydrogen-bond donors (Lipinski definition) is 1. The van der Waals surface area contributed by atoms with Gasteiger partial charge in [-0.1, -0.05) is 6.92 Å². The molecule has 0 aliphatic heterocycles. The van der Waals surface area contributed by atoms with Crippen LogP contribution < -0.4 is 10.5 Å². The smallest absolute Gasteiger partial charge is 0.393 e. The number of oxazole rings is 1. The van der Waals surface area contributed by atoms with Crippen molar-refractivity contribution in [2.45, 2.75) is 19.9 Å². The highest BCUT2D eigenvalue weighted by molar-refractivity contribution is 4.98. The summed E-state index contributed by atoms with van der Waals surface area (Å²) in [7, 11) is 0. The molecule has 0 aromatic carbocycles. The quantitative estimate of drug-likeness (QED) is 0.663. The summed E-state index contributed by atoms with van der Waals surface area (Å²) in [6, 6.07) is 0. The van der Waals surface area contributed by atoms with Crippen molar-refractivity contribution in [1.29, 1.82) is 0 Å². The van der Waals surface area contributed by atoms with Crippen molar-refractivity contribution in [3.8, 4) is 6.08 Å². The van der Waals surface area contributed by atoms with Crippen LogP contribution in [0, 0.1) is 0 Å². The summed E-state index contributed by atoms with van der Waals surface area (Å²) in [6.45, 7) is 4.17. The highest BCUT2D eigenvalue weighted by Gasteiger charge is 2.02. The minimum atomic E-state index is 0.255. The zero-order valence-electron chi connectivity index (χ0n) is 8.36. The molecule has 0 saturated heterocycles. The van der Waals surface area contributed by atoms with E-state index in [0.717, 1.165) is 13.0 Å². The van der Waals surface area contributed by atoms with Crippen molar-refractivity contribution >= 4 is 0 Å². The van der Waals surface area contributed by atoms with Crippen LogP contribution >= 0.6 is 0 Å². The lowest BCUT2D eigenvalue weighted by Gasteiger charge is -2.01. The lowest BCUT2D eigenvalue weighted by molar-refractivity contribution is 0.0886. The van der Waals surface area contributed by atoms with Gasteiger partial charge in [-0.2, -0.15) is 4.98 Å². The first kappa shape index (κ1) is 11.0. The fourth-order valence-electron chi connectivity index (χ4n) is 0.883. The Kier molecular flexibility index (Phi) is 5.03. The molecule has 1 aromatic heterocycles. The zero-order chi connectivity index (χ0) is 10.2. The van der Waals surface area contributed by atoms with Crippen molar-refractivity contribution in [3.05, 3.63) is 12.0 Å². The lowest BCUT2D eigenvalue weighted by Crippen LogP contribution is -2.07. The molecule has 0 saturated carbocycles. The van der Waals surface area contributed by atoms with Crippen LogP contribution in [0.3, 0.4) is 0 Å². The second-order valence-corrected chi connectivity index (χ2v) is 2.77. The molecule has 0 aliphatic rings. The average Bonchev–Trinajstić information content (AvgIpc) is 2.65. The Bertz CT molecular complexity index is 250. The maximum atomic E-state index is 5.35. The Hall–Kier alpha value is -1.07.